The quantitative estimate of drug-likeness (QED) is 0.419. The number of hydrogen-bond acceptors (Lipinski definition) is 2. The number of nitrogens with one attached hydrogen (secondary N) is 1. The highest BCUT2D eigenvalue weighted by atomic mass is 127. The first kappa shape index (κ1) is 18.7. The average Bonchev–Trinajstić information content (AvgIpc) is 2.95. The maximum Gasteiger partial charge on any atom is 0.193 e. The van der Waals surface area contributed by atoms with Gasteiger partial charge in [-0.2, -0.15) is 0 Å². The Morgan fingerprint density at radius 3 is 2.71 bits per heavy atom. The van der Waals surface area contributed by atoms with Gasteiger partial charge in [0.25, 0.3) is 0 Å². The van der Waals surface area contributed by atoms with E-state index in [0.29, 0.717) is 6.10 Å². The van der Waals surface area contributed by atoms with Gasteiger partial charge < -0.3 is 15.0 Å². The summed E-state index contributed by atoms with van der Waals surface area (Å²) in [5.74, 6) is 0.906. The Morgan fingerprint density at radius 1 is 1.43 bits per heavy atom. The summed E-state index contributed by atoms with van der Waals surface area (Å²) in [6.07, 6.45) is 2.63. The third-order valence-electron chi connectivity index (χ3n) is 3.42. The molecule has 0 aromatic heterocycles. The fraction of sp³-hybridized carbons (Fsp3) is 0.533. The molecule has 0 spiro atoms. The van der Waals surface area contributed by atoms with Crippen molar-refractivity contribution in [3.05, 3.63) is 34.3 Å². The molecule has 1 saturated heterocycles. The lowest BCUT2D eigenvalue weighted by molar-refractivity contribution is 0.113. The Bertz CT molecular complexity index is 447. The van der Waals surface area contributed by atoms with Crippen LogP contribution in [0.4, 0.5) is 0 Å². The molecule has 0 aliphatic carbocycles. The maximum atomic E-state index is 5.62. The fourth-order valence-corrected chi connectivity index (χ4v) is 2.60. The van der Waals surface area contributed by atoms with Crippen molar-refractivity contribution in [1.82, 2.24) is 10.2 Å². The Hall–Kier alpha value is -0.340. The first-order valence-corrected chi connectivity index (χ1v) is 7.76. The molecule has 1 atom stereocenters. The molecule has 1 aliphatic rings. The molecule has 0 radical (unpaired) electrons. The molecule has 1 unspecified atom stereocenters. The number of ether oxygens (including phenoxy) is 1. The van der Waals surface area contributed by atoms with Gasteiger partial charge in [0.1, 0.15) is 0 Å². The molecular formula is C15H23BrIN3O. The Labute approximate surface area is 152 Å². The van der Waals surface area contributed by atoms with Crippen molar-refractivity contribution in [3.8, 4) is 0 Å². The molecule has 118 valence electrons. The second-order valence-electron chi connectivity index (χ2n) is 5.05. The minimum atomic E-state index is 0. The molecule has 0 amide bonds. The third-order valence-corrected chi connectivity index (χ3v) is 3.95. The van der Waals surface area contributed by atoms with E-state index in [4.69, 9.17) is 4.74 Å². The van der Waals surface area contributed by atoms with Gasteiger partial charge >= 0.3 is 0 Å². The summed E-state index contributed by atoms with van der Waals surface area (Å²) < 4.78 is 6.72. The lowest BCUT2D eigenvalue weighted by atomic mass is 10.2. The Balaban J connectivity index is 0.00000220. The summed E-state index contributed by atoms with van der Waals surface area (Å²) in [6.45, 7) is 2.55. The summed E-state index contributed by atoms with van der Waals surface area (Å²) in [4.78, 5) is 6.45. The van der Waals surface area contributed by atoms with Crippen LogP contribution in [0.3, 0.4) is 0 Å². The highest BCUT2D eigenvalue weighted by Gasteiger charge is 2.16. The van der Waals surface area contributed by atoms with Gasteiger partial charge in [0, 0.05) is 38.3 Å². The zero-order valence-corrected chi connectivity index (χ0v) is 16.4. The molecule has 1 aromatic rings. The number of halogens is 2. The van der Waals surface area contributed by atoms with Gasteiger partial charge in [-0.05, 0) is 30.5 Å². The van der Waals surface area contributed by atoms with E-state index in [0.717, 1.165) is 36.5 Å². The summed E-state index contributed by atoms with van der Waals surface area (Å²) in [7, 11) is 3.86. The smallest absolute Gasteiger partial charge is 0.193 e. The lowest BCUT2D eigenvalue weighted by Gasteiger charge is -2.23. The minimum Gasteiger partial charge on any atom is -0.376 e. The van der Waals surface area contributed by atoms with Gasteiger partial charge in [-0.1, -0.05) is 28.1 Å². The van der Waals surface area contributed by atoms with Crippen LogP contribution < -0.4 is 5.32 Å². The molecule has 21 heavy (non-hydrogen) atoms. The van der Waals surface area contributed by atoms with Gasteiger partial charge in [0.2, 0.25) is 0 Å². The van der Waals surface area contributed by atoms with Crippen molar-refractivity contribution in [1.29, 1.82) is 0 Å². The first-order valence-electron chi connectivity index (χ1n) is 6.97. The molecule has 0 bridgehead atoms. The molecule has 0 saturated carbocycles. The number of aliphatic imine (C=N–C) groups is 1. The van der Waals surface area contributed by atoms with Crippen LogP contribution in [0.15, 0.2) is 33.7 Å². The average molecular weight is 468 g/mol. The van der Waals surface area contributed by atoms with Gasteiger partial charge in [-0.3, -0.25) is 4.99 Å². The van der Waals surface area contributed by atoms with Crippen LogP contribution in [0.2, 0.25) is 0 Å². The van der Waals surface area contributed by atoms with Gasteiger partial charge in [-0.15, -0.1) is 24.0 Å². The minimum absolute atomic E-state index is 0. The third kappa shape index (κ3) is 6.12. The van der Waals surface area contributed by atoms with Crippen molar-refractivity contribution < 1.29 is 4.74 Å². The standard InChI is InChI=1S/C15H22BrN3O.HI/c1-17-15(18-10-14-4-3-9-20-14)19(2)11-12-5-7-13(16)8-6-12;/h5-8,14H,3-4,9-11H2,1-2H3,(H,17,18);1H. The van der Waals surface area contributed by atoms with E-state index in [1.165, 1.54) is 12.0 Å². The zero-order chi connectivity index (χ0) is 14.4. The normalized spacial score (nSPS) is 18.2. The number of nitrogens with zero attached hydrogens (tertiary/aromatic N) is 2. The zero-order valence-electron chi connectivity index (χ0n) is 12.5. The topological polar surface area (TPSA) is 36.9 Å². The van der Waals surface area contributed by atoms with Crippen molar-refractivity contribution >= 4 is 45.9 Å². The second kappa shape index (κ2) is 9.63. The highest BCUT2D eigenvalue weighted by Crippen LogP contribution is 2.12. The molecule has 1 fully saturated rings. The highest BCUT2D eigenvalue weighted by molar-refractivity contribution is 14.0. The monoisotopic (exact) mass is 467 g/mol. The van der Waals surface area contributed by atoms with Gasteiger partial charge in [0.05, 0.1) is 6.10 Å². The van der Waals surface area contributed by atoms with Crippen molar-refractivity contribution in [3.63, 3.8) is 0 Å². The second-order valence-corrected chi connectivity index (χ2v) is 5.96. The van der Waals surface area contributed by atoms with Crippen LogP contribution in [0.1, 0.15) is 18.4 Å². The largest absolute Gasteiger partial charge is 0.376 e. The number of rotatable bonds is 4. The molecule has 1 aromatic carbocycles. The Kier molecular flexibility index (Phi) is 8.58. The van der Waals surface area contributed by atoms with Crippen LogP contribution in [-0.4, -0.2) is 44.2 Å². The molecule has 6 heteroatoms. The lowest BCUT2D eigenvalue weighted by Crippen LogP contribution is -2.41. The number of guanidine groups is 1. The van der Waals surface area contributed by atoms with Crippen molar-refractivity contribution in [2.75, 3.05) is 27.2 Å². The van der Waals surface area contributed by atoms with Crippen LogP contribution in [0.25, 0.3) is 0 Å². The van der Waals surface area contributed by atoms with E-state index in [2.05, 4.69) is 55.4 Å². The predicted octanol–water partition coefficient (Wildman–Crippen LogP) is 3.25. The van der Waals surface area contributed by atoms with E-state index in [1.54, 1.807) is 0 Å². The van der Waals surface area contributed by atoms with E-state index in [1.807, 2.05) is 14.1 Å². The molecular weight excluding hydrogens is 445 g/mol. The molecule has 1 N–H and O–H groups in total. The van der Waals surface area contributed by atoms with Crippen LogP contribution >= 0.6 is 39.9 Å². The van der Waals surface area contributed by atoms with E-state index in [9.17, 15) is 0 Å². The first-order chi connectivity index (χ1) is 9.69. The molecule has 2 rings (SSSR count). The molecule has 4 nitrogen and oxygen atoms in total. The fourth-order valence-electron chi connectivity index (χ4n) is 2.33. The summed E-state index contributed by atoms with van der Waals surface area (Å²) in [5, 5.41) is 3.38. The van der Waals surface area contributed by atoms with Gasteiger partial charge in [-0.25, -0.2) is 0 Å². The van der Waals surface area contributed by atoms with E-state index < -0.39 is 0 Å². The van der Waals surface area contributed by atoms with Crippen LogP contribution in [0, 0.1) is 0 Å². The van der Waals surface area contributed by atoms with Gasteiger partial charge in [0.15, 0.2) is 5.96 Å². The number of benzene rings is 1. The molecule has 1 aliphatic heterocycles. The molecule has 1 heterocycles. The van der Waals surface area contributed by atoms with E-state index in [-0.39, 0.29) is 24.0 Å². The van der Waals surface area contributed by atoms with Crippen LogP contribution in [0.5, 0.6) is 0 Å². The van der Waals surface area contributed by atoms with Crippen LogP contribution in [-0.2, 0) is 11.3 Å². The maximum absolute atomic E-state index is 5.62. The summed E-state index contributed by atoms with van der Waals surface area (Å²) in [6, 6.07) is 8.36. The summed E-state index contributed by atoms with van der Waals surface area (Å²) >= 11 is 3.45. The van der Waals surface area contributed by atoms with Crippen molar-refractivity contribution in [2.24, 2.45) is 4.99 Å². The van der Waals surface area contributed by atoms with E-state index >= 15 is 0 Å². The number of hydrogen-bond donors (Lipinski definition) is 1. The summed E-state index contributed by atoms with van der Waals surface area (Å²) in [5.41, 5.74) is 1.26. The Morgan fingerprint density at radius 2 is 2.14 bits per heavy atom. The van der Waals surface area contributed by atoms with Crippen molar-refractivity contribution in [2.45, 2.75) is 25.5 Å². The SMILES string of the molecule is CN=C(NCC1CCCO1)N(C)Cc1ccc(Br)cc1.I. The predicted molar refractivity (Wildman–Crippen MR) is 101 cm³/mol.